The minimum Gasteiger partial charge on any atom is -0.481 e. The Morgan fingerprint density at radius 3 is 2.67 bits per heavy atom. The number of nitrogens with one attached hydrogen (secondary N) is 1. The highest BCUT2D eigenvalue weighted by molar-refractivity contribution is 14.1. The molecule has 0 aromatic heterocycles. The summed E-state index contributed by atoms with van der Waals surface area (Å²) in [4.78, 5) is 22.5. The Hall–Kier alpha value is -1.11. The van der Waals surface area contributed by atoms with Crippen molar-refractivity contribution < 1.29 is 14.7 Å². The Morgan fingerprint density at radius 2 is 2.11 bits per heavy atom. The van der Waals surface area contributed by atoms with E-state index >= 15 is 0 Å². The van der Waals surface area contributed by atoms with Crippen LogP contribution in [0.3, 0.4) is 0 Å². The van der Waals surface area contributed by atoms with Crippen LogP contribution in [0.5, 0.6) is 0 Å². The van der Waals surface area contributed by atoms with Gasteiger partial charge in [0.15, 0.2) is 0 Å². The second-order valence-corrected chi connectivity index (χ2v) is 5.51. The average Bonchev–Trinajstić information content (AvgIpc) is 2.25. The summed E-state index contributed by atoms with van der Waals surface area (Å²) in [6, 6.07) is 5.67. The third-order valence-corrected chi connectivity index (χ3v) is 3.48. The molecule has 1 amide bonds. The highest BCUT2D eigenvalue weighted by Crippen LogP contribution is 2.16. The lowest BCUT2D eigenvalue weighted by atomic mass is 10.1. The molecule has 0 aliphatic rings. The lowest BCUT2D eigenvalue weighted by molar-refractivity contribution is -0.137. The number of aliphatic carboxylic acids is 1. The van der Waals surface area contributed by atoms with Crippen molar-refractivity contribution in [2.45, 2.75) is 20.3 Å². The Morgan fingerprint density at radius 1 is 1.44 bits per heavy atom. The fourth-order valence-electron chi connectivity index (χ4n) is 1.65. The summed E-state index contributed by atoms with van der Waals surface area (Å²) in [5.41, 5.74) is 1.59. The Bertz CT molecular complexity index is 439. The highest BCUT2D eigenvalue weighted by atomic mass is 127. The molecule has 1 atom stereocenters. The van der Waals surface area contributed by atoms with Gasteiger partial charge in [-0.15, -0.1) is 0 Å². The summed E-state index contributed by atoms with van der Waals surface area (Å²) in [7, 11) is 0. The molecule has 0 aliphatic heterocycles. The van der Waals surface area contributed by atoms with E-state index in [1.54, 1.807) is 6.92 Å². The molecule has 18 heavy (non-hydrogen) atoms. The summed E-state index contributed by atoms with van der Waals surface area (Å²) in [5, 5.41) is 11.4. The molecule has 1 aromatic carbocycles. The molecule has 0 bridgehead atoms. The third kappa shape index (κ3) is 4.29. The van der Waals surface area contributed by atoms with Gasteiger partial charge in [0.1, 0.15) is 0 Å². The number of carbonyl (C=O) groups is 2. The van der Waals surface area contributed by atoms with Crippen molar-refractivity contribution in [3.63, 3.8) is 0 Å². The minimum absolute atomic E-state index is 0.0607. The molecule has 0 heterocycles. The molecule has 0 aliphatic carbocycles. The molecule has 1 unspecified atom stereocenters. The van der Waals surface area contributed by atoms with E-state index < -0.39 is 5.97 Å². The maximum Gasteiger partial charge on any atom is 0.303 e. The van der Waals surface area contributed by atoms with Gasteiger partial charge in [0.2, 0.25) is 0 Å². The van der Waals surface area contributed by atoms with E-state index in [0.29, 0.717) is 12.1 Å². The molecule has 4 nitrogen and oxygen atoms in total. The summed E-state index contributed by atoms with van der Waals surface area (Å²) < 4.78 is 0.899. The molecule has 1 aromatic rings. The third-order valence-electron chi connectivity index (χ3n) is 2.58. The molecule has 0 saturated heterocycles. The van der Waals surface area contributed by atoms with Crippen LogP contribution in [0.2, 0.25) is 0 Å². The van der Waals surface area contributed by atoms with E-state index in [1.165, 1.54) is 0 Å². The largest absolute Gasteiger partial charge is 0.481 e. The first-order valence-electron chi connectivity index (χ1n) is 5.67. The molecule has 0 saturated carbocycles. The summed E-state index contributed by atoms with van der Waals surface area (Å²) in [6.45, 7) is 4.06. The zero-order valence-corrected chi connectivity index (χ0v) is 12.5. The smallest absolute Gasteiger partial charge is 0.303 e. The number of rotatable bonds is 5. The van der Waals surface area contributed by atoms with Crippen molar-refractivity contribution in [3.05, 3.63) is 32.9 Å². The van der Waals surface area contributed by atoms with Gasteiger partial charge in [0.05, 0.1) is 5.56 Å². The van der Waals surface area contributed by atoms with E-state index in [1.807, 2.05) is 25.1 Å². The summed E-state index contributed by atoms with van der Waals surface area (Å²) in [6.07, 6.45) is 0.0607. The first-order valence-corrected chi connectivity index (χ1v) is 6.74. The van der Waals surface area contributed by atoms with Crippen molar-refractivity contribution in [1.29, 1.82) is 0 Å². The van der Waals surface area contributed by atoms with E-state index in [-0.39, 0.29) is 18.2 Å². The van der Waals surface area contributed by atoms with Gasteiger partial charge in [-0.25, -0.2) is 0 Å². The van der Waals surface area contributed by atoms with Crippen molar-refractivity contribution in [2.75, 3.05) is 6.54 Å². The number of aryl methyl sites for hydroxylation is 1. The van der Waals surface area contributed by atoms with E-state index in [0.717, 1.165) is 9.13 Å². The van der Waals surface area contributed by atoms with Crippen molar-refractivity contribution in [3.8, 4) is 0 Å². The van der Waals surface area contributed by atoms with E-state index in [9.17, 15) is 9.59 Å². The number of benzene rings is 1. The van der Waals surface area contributed by atoms with Crippen molar-refractivity contribution >= 4 is 34.5 Å². The number of hydrogen-bond donors (Lipinski definition) is 2. The van der Waals surface area contributed by atoms with Crippen LogP contribution < -0.4 is 5.32 Å². The molecule has 5 heteroatoms. The minimum atomic E-state index is -0.845. The maximum absolute atomic E-state index is 12.0. The van der Waals surface area contributed by atoms with Gasteiger partial charge in [-0.2, -0.15) is 0 Å². The van der Waals surface area contributed by atoms with Crippen LogP contribution in [0, 0.1) is 16.4 Å². The first-order chi connectivity index (χ1) is 8.41. The second-order valence-electron chi connectivity index (χ2n) is 4.34. The molecular formula is C13H16INO3. The Labute approximate surface area is 120 Å². The van der Waals surface area contributed by atoms with Crippen LogP contribution >= 0.6 is 22.6 Å². The number of carboxylic acids is 1. The molecular weight excluding hydrogens is 345 g/mol. The first kappa shape index (κ1) is 14.9. The standard InChI is InChI=1S/C13H16INO3/c1-8(6-11(16)17)7-15-13(18)12-9(2)4-3-5-10(12)14/h3-5,8H,6-7H2,1-2H3,(H,15,18)(H,16,17). The van der Waals surface area contributed by atoms with E-state index in [4.69, 9.17) is 5.11 Å². The topological polar surface area (TPSA) is 66.4 Å². The fourth-order valence-corrected chi connectivity index (χ4v) is 2.52. The average molecular weight is 361 g/mol. The number of halogens is 1. The van der Waals surface area contributed by atoms with Crippen LogP contribution in [-0.2, 0) is 4.79 Å². The van der Waals surface area contributed by atoms with E-state index in [2.05, 4.69) is 27.9 Å². The number of amides is 1. The molecule has 98 valence electrons. The van der Waals surface area contributed by atoms with Crippen molar-refractivity contribution in [1.82, 2.24) is 5.32 Å². The van der Waals surface area contributed by atoms with Crippen LogP contribution in [0.15, 0.2) is 18.2 Å². The molecule has 0 fully saturated rings. The second kappa shape index (κ2) is 6.72. The SMILES string of the molecule is Cc1cccc(I)c1C(=O)NCC(C)CC(=O)O. The maximum atomic E-state index is 12.0. The van der Waals surface area contributed by atoms with Gasteiger partial charge in [-0.1, -0.05) is 19.1 Å². The van der Waals surface area contributed by atoms with Gasteiger partial charge < -0.3 is 10.4 Å². The highest BCUT2D eigenvalue weighted by Gasteiger charge is 2.14. The normalized spacial score (nSPS) is 11.9. The predicted molar refractivity (Wildman–Crippen MR) is 77.6 cm³/mol. The zero-order chi connectivity index (χ0) is 13.7. The van der Waals surface area contributed by atoms with Gasteiger partial charge in [0.25, 0.3) is 5.91 Å². The summed E-state index contributed by atoms with van der Waals surface area (Å²) in [5.74, 6) is -1.06. The monoisotopic (exact) mass is 361 g/mol. The van der Waals surface area contributed by atoms with Crippen LogP contribution in [0.25, 0.3) is 0 Å². The van der Waals surface area contributed by atoms with Crippen LogP contribution in [0.1, 0.15) is 29.3 Å². The van der Waals surface area contributed by atoms with Gasteiger partial charge in [-0.05, 0) is 47.1 Å². The van der Waals surface area contributed by atoms with Gasteiger partial charge in [-0.3, -0.25) is 9.59 Å². The number of carboxylic acid groups (broad SMARTS) is 1. The van der Waals surface area contributed by atoms with Crippen molar-refractivity contribution in [2.24, 2.45) is 5.92 Å². The predicted octanol–water partition coefficient (Wildman–Crippen LogP) is 2.44. The zero-order valence-electron chi connectivity index (χ0n) is 10.4. The molecule has 1 rings (SSSR count). The quantitative estimate of drug-likeness (QED) is 0.792. The van der Waals surface area contributed by atoms with Crippen LogP contribution in [-0.4, -0.2) is 23.5 Å². The molecule has 0 spiro atoms. The Balaban J connectivity index is 2.63. The summed E-state index contributed by atoms with van der Waals surface area (Å²) >= 11 is 2.12. The number of hydrogen-bond acceptors (Lipinski definition) is 2. The lowest BCUT2D eigenvalue weighted by Gasteiger charge is -2.12. The van der Waals surface area contributed by atoms with Crippen LogP contribution in [0.4, 0.5) is 0 Å². The Kier molecular flexibility index (Phi) is 5.58. The van der Waals surface area contributed by atoms with Gasteiger partial charge >= 0.3 is 5.97 Å². The number of carbonyl (C=O) groups excluding carboxylic acids is 1. The lowest BCUT2D eigenvalue weighted by Crippen LogP contribution is -2.30. The van der Waals surface area contributed by atoms with Gasteiger partial charge in [0, 0.05) is 16.5 Å². The molecule has 0 radical (unpaired) electrons. The molecule has 2 N–H and O–H groups in total. The fraction of sp³-hybridized carbons (Fsp3) is 0.385.